The van der Waals surface area contributed by atoms with Gasteiger partial charge in [0, 0.05) is 28.8 Å². The maximum Gasteiger partial charge on any atom is 0.187 e. The number of carboxylic acids is 1. The third-order valence-electron chi connectivity index (χ3n) is 4.63. The predicted octanol–water partition coefficient (Wildman–Crippen LogP) is 2.61. The first-order valence-corrected chi connectivity index (χ1v) is 8.91. The smallest absolute Gasteiger partial charge is 0.187 e. The number of H-pyrrole nitrogens is 1. The van der Waals surface area contributed by atoms with Gasteiger partial charge in [-0.25, -0.2) is 0 Å². The Hall–Kier alpha value is -3.02. The van der Waals surface area contributed by atoms with Crippen molar-refractivity contribution in [3.05, 3.63) is 51.9 Å². The summed E-state index contributed by atoms with van der Waals surface area (Å²) in [4.78, 5) is 26.5. The Bertz CT molecular complexity index is 939. The van der Waals surface area contributed by atoms with Crippen molar-refractivity contribution in [2.45, 2.75) is 40.2 Å². The molecule has 0 saturated heterocycles. The predicted molar refractivity (Wildman–Crippen MR) is 99.4 cm³/mol. The van der Waals surface area contributed by atoms with Crippen molar-refractivity contribution in [1.82, 2.24) is 4.98 Å². The van der Waals surface area contributed by atoms with Crippen molar-refractivity contribution in [2.75, 3.05) is 6.61 Å². The van der Waals surface area contributed by atoms with Crippen LogP contribution in [0.3, 0.4) is 0 Å². The highest BCUT2D eigenvalue weighted by atomic mass is 16.5. The van der Waals surface area contributed by atoms with Crippen LogP contribution in [0.25, 0.3) is 6.08 Å². The molecule has 0 radical (unpaired) electrons. The number of aromatic nitrogens is 1. The average molecular weight is 368 g/mol. The highest BCUT2D eigenvalue weighted by Gasteiger charge is 2.22. The molecule has 1 aromatic heterocycles. The number of carbonyl (C=O) groups is 2. The first-order valence-electron chi connectivity index (χ1n) is 8.91. The number of ether oxygens (including phenoxy) is 2. The van der Waals surface area contributed by atoms with Gasteiger partial charge < -0.3 is 24.4 Å². The third kappa shape index (κ3) is 3.60. The summed E-state index contributed by atoms with van der Waals surface area (Å²) < 4.78 is 11.5. The van der Waals surface area contributed by atoms with Crippen molar-refractivity contribution >= 4 is 17.8 Å². The number of carbonyl (C=O) groups excluding carboxylic acids is 2. The molecule has 142 valence electrons. The molecule has 0 saturated carbocycles. The van der Waals surface area contributed by atoms with E-state index in [0.29, 0.717) is 29.2 Å². The molecule has 2 heterocycles. The number of aromatic carboxylic acids is 1. The van der Waals surface area contributed by atoms with Gasteiger partial charge >= 0.3 is 0 Å². The second-order valence-electron chi connectivity index (χ2n) is 6.67. The Morgan fingerprint density at radius 1 is 1.37 bits per heavy atom. The first-order chi connectivity index (χ1) is 12.8. The van der Waals surface area contributed by atoms with Crippen LogP contribution in [0, 0.1) is 13.8 Å². The van der Waals surface area contributed by atoms with Gasteiger partial charge in [-0.2, -0.15) is 0 Å². The molecule has 6 heteroatoms. The summed E-state index contributed by atoms with van der Waals surface area (Å²) in [6, 6.07) is 3.82. The van der Waals surface area contributed by atoms with Crippen LogP contribution in [0.4, 0.5) is 0 Å². The van der Waals surface area contributed by atoms with E-state index in [-0.39, 0.29) is 17.6 Å². The second-order valence-corrected chi connectivity index (χ2v) is 6.67. The summed E-state index contributed by atoms with van der Waals surface area (Å²) in [6.45, 7) is 7.67. The molecule has 3 rings (SSSR count). The van der Waals surface area contributed by atoms with E-state index >= 15 is 0 Å². The zero-order valence-corrected chi connectivity index (χ0v) is 15.8. The second kappa shape index (κ2) is 7.31. The molecule has 0 fully saturated rings. The number of aromatic amines is 1. The molecule has 2 aromatic rings. The Labute approximate surface area is 157 Å². The zero-order valence-electron chi connectivity index (χ0n) is 15.8. The zero-order chi connectivity index (χ0) is 19.7. The van der Waals surface area contributed by atoms with E-state index in [9.17, 15) is 14.7 Å². The lowest BCUT2D eigenvalue weighted by atomic mass is 10.0. The molecule has 1 atom stereocenters. The highest BCUT2D eigenvalue weighted by Crippen LogP contribution is 2.35. The van der Waals surface area contributed by atoms with Gasteiger partial charge in [0.2, 0.25) is 0 Å². The van der Waals surface area contributed by atoms with Gasteiger partial charge in [-0.3, -0.25) is 4.79 Å². The molecule has 0 bridgehead atoms. The number of hydrogen-bond donors (Lipinski definition) is 1. The lowest BCUT2D eigenvalue weighted by Crippen LogP contribution is -2.23. The summed E-state index contributed by atoms with van der Waals surface area (Å²) in [5.41, 5.74) is 2.97. The minimum Gasteiger partial charge on any atom is -0.543 e. The van der Waals surface area contributed by atoms with Crippen LogP contribution in [-0.4, -0.2) is 29.4 Å². The van der Waals surface area contributed by atoms with Crippen molar-refractivity contribution in [2.24, 2.45) is 0 Å². The number of aryl methyl sites for hydroxylation is 1. The van der Waals surface area contributed by atoms with Gasteiger partial charge in [-0.1, -0.05) is 0 Å². The number of nitrogens with one attached hydrogen (secondary N) is 1. The molecule has 6 nitrogen and oxygen atoms in total. The topological polar surface area (TPSA) is 91.5 Å². The van der Waals surface area contributed by atoms with E-state index in [2.05, 4.69) is 4.98 Å². The molecule has 1 N–H and O–H groups in total. The summed E-state index contributed by atoms with van der Waals surface area (Å²) in [6.07, 6.45) is 4.03. The van der Waals surface area contributed by atoms with E-state index in [0.717, 1.165) is 23.3 Å². The van der Waals surface area contributed by atoms with E-state index in [4.69, 9.17) is 9.47 Å². The summed E-state index contributed by atoms with van der Waals surface area (Å²) in [7, 11) is 0. The molecule has 27 heavy (non-hydrogen) atoms. The molecule has 0 spiro atoms. The molecule has 1 aliphatic heterocycles. The third-order valence-corrected chi connectivity index (χ3v) is 4.63. The van der Waals surface area contributed by atoms with Crippen molar-refractivity contribution in [3.63, 3.8) is 0 Å². The molecular formula is C21H22NO5-. The van der Waals surface area contributed by atoms with Crippen LogP contribution in [-0.2, 0) is 6.42 Å². The highest BCUT2D eigenvalue weighted by molar-refractivity contribution is 6.10. The first kappa shape index (κ1) is 18.8. The number of benzene rings is 1. The standard InChI is InChI=1S/C21H23NO5/c1-5-26-17-10-15-8-11(2)27-18(15)9-14(17)6-7-16(23)19-12(3)20(21(24)25)22-13(19)4/h6-7,9-11,22H,5,8H2,1-4H3,(H,24,25)/p-1/b7-6+/t11-/m1/s1. The van der Waals surface area contributed by atoms with Gasteiger partial charge in [-0.15, -0.1) is 0 Å². The van der Waals surface area contributed by atoms with Crippen LogP contribution in [0.1, 0.15) is 57.1 Å². The minimum absolute atomic E-state index is 0.0702. The van der Waals surface area contributed by atoms with Crippen LogP contribution >= 0.6 is 0 Å². The number of fused-ring (bicyclic) bond motifs is 1. The van der Waals surface area contributed by atoms with Crippen LogP contribution in [0.2, 0.25) is 0 Å². The SMILES string of the molecule is CCOc1cc2c(cc1/C=C/C(=O)c1c(C)[nH]c(C(=O)[O-])c1C)O[C@H](C)C2. The van der Waals surface area contributed by atoms with E-state index in [1.165, 1.54) is 6.08 Å². The fourth-order valence-electron chi connectivity index (χ4n) is 3.44. The van der Waals surface area contributed by atoms with E-state index in [1.807, 2.05) is 26.0 Å². The maximum absolute atomic E-state index is 12.7. The Balaban J connectivity index is 1.93. The number of allylic oxidation sites excluding steroid dienone is 1. The number of ketones is 1. The Morgan fingerprint density at radius 2 is 2.11 bits per heavy atom. The maximum atomic E-state index is 12.7. The van der Waals surface area contributed by atoms with Crippen LogP contribution < -0.4 is 14.6 Å². The van der Waals surface area contributed by atoms with Crippen molar-refractivity contribution in [3.8, 4) is 11.5 Å². The van der Waals surface area contributed by atoms with Crippen molar-refractivity contribution < 1.29 is 24.2 Å². The fourth-order valence-corrected chi connectivity index (χ4v) is 3.44. The molecule has 0 amide bonds. The number of carboxylic acid groups (broad SMARTS) is 1. The van der Waals surface area contributed by atoms with Crippen LogP contribution in [0.5, 0.6) is 11.5 Å². The quantitative estimate of drug-likeness (QED) is 0.625. The van der Waals surface area contributed by atoms with Gasteiger partial charge in [0.25, 0.3) is 0 Å². The van der Waals surface area contributed by atoms with E-state index in [1.54, 1.807) is 19.9 Å². The van der Waals surface area contributed by atoms with E-state index < -0.39 is 5.97 Å². The average Bonchev–Trinajstić information content (AvgIpc) is 3.10. The number of hydrogen-bond acceptors (Lipinski definition) is 5. The lowest BCUT2D eigenvalue weighted by Gasteiger charge is -2.10. The van der Waals surface area contributed by atoms with Crippen molar-refractivity contribution in [1.29, 1.82) is 0 Å². The summed E-state index contributed by atoms with van der Waals surface area (Å²) in [5, 5.41) is 11.1. The fraction of sp³-hybridized carbons (Fsp3) is 0.333. The summed E-state index contributed by atoms with van der Waals surface area (Å²) in [5.74, 6) is -0.129. The van der Waals surface area contributed by atoms with Gasteiger partial charge in [0.15, 0.2) is 5.78 Å². The number of rotatable bonds is 6. The molecule has 0 unspecified atom stereocenters. The lowest BCUT2D eigenvalue weighted by molar-refractivity contribution is -0.255. The monoisotopic (exact) mass is 368 g/mol. The van der Waals surface area contributed by atoms with Gasteiger partial charge in [0.05, 0.1) is 18.3 Å². The van der Waals surface area contributed by atoms with Gasteiger partial charge in [0.1, 0.15) is 17.6 Å². The molecule has 0 aliphatic carbocycles. The minimum atomic E-state index is -1.33. The van der Waals surface area contributed by atoms with Gasteiger partial charge in [-0.05, 0) is 57.5 Å². The molecule has 1 aliphatic rings. The largest absolute Gasteiger partial charge is 0.543 e. The van der Waals surface area contributed by atoms with Crippen LogP contribution in [0.15, 0.2) is 18.2 Å². The Kier molecular flexibility index (Phi) is 5.08. The molecule has 1 aromatic carbocycles. The Morgan fingerprint density at radius 3 is 2.74 bits per heavy atom. The summed E-state index contributed by atoms with van der Waals surface area (Å²) >= 11 is 0. The normalized spacial score (nSPS) is 15.6. The molecular weight excluding hydrogens is 346 g/mol.